The molecule has 0 aromatic heterocycles. The Balaban J connectivity index is 1.11. The molecule has 4 aliphatic rings. The van der Waals surface area contributed by atoms with Crippen LogP contribution in [0.3, 0.4) is 0 Å². The van der Waals surface area contributed by atoms with Crippen molar-refractivity contribution in [3.8, 4) is 0 Å². The minimum atomic E-state index is 0.401. The van der Waals surface area contributed by atoms with Gasteiger partial charge in [0.25, 0.3) is 0 Å². The summed E-state index contributed by atoms with van der Waals surface area (Å²) >= 11 is 0. The first-order valence-corrected chi connectivity index (χ1v) is 16.3. The van der Waals surface area contributed by atoms with Crippen LogP contribution in [0.25, 0.3) is 0 Å². The van der Waals surface area contributed by atoms with Gasteiger partial charge in [0.1, 0.15) is 0 Å². The van der Waals surface area contributed by atoms with Crippen molar-refractivity contribution in [2.24, 2.45) is 35.5 Å². The van der Waals surface area contributed by atoms with Crippen molar-refractivity contribution >= 4 is 0 Å². The van der Waals surface area contributed by atoms with Gasteiger partial charge in [0.15, 0.2) is 0 Å². The van der Waals surface area contributed by atoms with Crippen LogP contribution in [0.5, 0.6) is 0 Å². The lowest BCUT2D eigenvalue weighted by Gasteiger charge is -2.36. The first-order chi connectivity index (χ1) is 17.2. The molecule has 0 aromatic carbocycles. The molecule has 0 heterocycles. The highest BCUT2D eigenvalue weighted by molar-refractivity contribution is 5.03. The van der Waals surface area contributed by atoms with Crippen LogP contribution in [0.4, 0.5) is 0 Å². The minimum absolute atomic E-state index is 0.401. The van der Waals surface area contributed by atoms with Crippen LogP contribution < -0.4 is 0 Å². The number of allylic oxidation sites excluding steroid dienone is 3. The number of hydrogen-bond acceptors (Lipinski definition) is 1. The van der Waals surface area contributed by atoms with Crippen molar-refractivity contribution in [1.82, 2.24) is 0 Å². The van der Waals surface area contributed by atoms with Gasteiger partial charge < -0.3 is 4.74 Å². The summed E-state index contributed by atoms with van der Waals surface area (Å²) in [6.07, 6.45) is 39.5. The molecule has 0 spiro atoms. The molecule has 0 radical (unpaired) electrons. The van der Waals surface area contributed by atoms with Gasteiger partial charge in [0, 0.05) is 0 Å². The summed E-state index contributed by atoms with van der Waals surface area (Å²) < 4.78 is 6.59. The van der Waals surface area contributed by atoms with E-state index in [2.05, 4.69) is 38.2 Å². The minimum Gasteiger partial charge on any atom is -0.371 e. The molecule has 0 saturated heterocycles. The zero-order valence-corrected chi connectivity index (χ0v) is 23.5. The molecule has 4 atom stereocenters. The van der Waals surface area contributed by atoms with E-state index in [1.807, 2.05) is 0 Å². The third kappa shape index (κ3) is 9.05. The summed E-state index contributed by atoms with van der Waals surface area (Å²) in [4.78, 5) is 0. The fraction of sp³-hybridized carbons (Fsp3) is 0.882. The van der Waals surface area contributed by atoms with E-state index < -0.39 is 0 Å². The van der Waals surface area contributed by atoms with Crippen molar-refractivity contribution in [3.63, 3.8) is 0 Å². The fourth-order valence-electron chi connectivity index (χ4n) is 8.04. The number of rotatable bonds is 11. The van der Waals surface area contributed by atoms with E-state index >= 15 is 0 Å². The number of hydrogen-bond donors (Lipinski definition) is 0. The average molecular weight is 483 g/mol. The second kappa shape index (κ2) is 15.0. The van der Waals surface area contributed by atoms with Gasteiger partial charge in [-0.3, -0.25) is 0 Å². The van der Waals surface area contributed by atoms with Gasteiger partial charge in [-0.15, -0.1) is 0 Å². The number of unbranched alkanes of at least 4 members (excludes halogenated alkanes) is 2. The molecule has 0 bridgehead atoms. The van der Waals surface area contributed by atoms with Crippen LogP contribution in [0.2, 0.25) is 0 Å². The molecule has 4 unspecified atom stereocenters. The molecule has 4 rings (SSSR count). The highest BCUT2D eigenvalue weighted by Gasteiger charge is 2.30. The Hall–Kier alpha value is -0.560. The van der Waals surface area contributed by atoms with Gasteiger partial charge in [0.05, 0.1) is 12.2 Å². The van der Waals surface area contributed by atoms with Crippen molar-refractivity contribution < 1.29 is 4.74 Å². The van der Waals surface area contributed by atoms with Crippen LogP contribution in [-0.4, -0.2) is 12.2 Å². The second-order valence-corrected chi connectivity index (χ2v) is 13.1. The third-order valence-corrected chi connectivity index (χ3v) is 10.3. The highest BCUT2D eigenvalue weighted by atomic mass is 16.5. The van der Waals surface area contributed by atoms with Gasteiger partial charge in [-0.2, -0.15) is 0 Å². The summed E-state index contributed by atoms with van der Waals surface area (Å²) in [7, 11) is 0. The van der Waals surface area contributed by atoms with Gasteiger partial charge >= 0.3 is 0 Å². The van der Waals surface area contributed by atoms with Crippen LogP contribution >= 0.6 is 0 Å². The Morgan fingerprint density at radius 2 is 1.40 bits per heavy atom. The smallest absolute Gasteiger partial charge is 0.0759 e. The fourth-order valence-corrected chi connectivity index (χ4v) is 8.04. The first-order valence-electron chi connectivity index (χ1n) is 16.3. The summed E-state index contributed by atoms with van der Waals surface area (Å²) in [6, 6.07) is 0. The topological polar surface area (TPSA) is 9.23 Å². The predicted octanol–water partition coefficient (Wildman–Crippen LogP) is 10.4. The summed E-state index contributed by atoms with van der Waals surface area (Å²) in [5, 5.41) is 0. The largest absolute Gasteiger partial charge is 0.371 e. The van der Waals surface area contributed by atoms with Gasteiger partial charge in [-0.25, -0.2) is 0 Å². The maximum absolute atomic E-state index is 6.59. The summed E-state index contributed by atoms with van der Waals surface area (Å²) in [6.45, 7) is 4.66. The highest BCUT2D eigenvalue weighted by Crippen LogP contribution is 2.40. The van der Waals surface area contributed by atoms with E-state index in [1.165, 1.54) is 128 Å². The molecule has 35 heavy (non-hydrogen) atoms. The molecule has 1 heteroatoms. The first kappa shape index (κ1) is 27.5. The van der Waals surface area contributed by atoms with E-state index in [1.54, 1.807) is 0 Å². The zero-order chi connectivity index (χ0) is 24.3. The van der Waals surface area contributed by atoms with Crippen molar-refractivity contribution in [1.29, 1.82) is 0 Å². The van der Waals surface area contributed by atoms with Crippen molar-refractivity contribution in [2.75, 3.05) is 0 Å². The predicted molar refractivity (Wildman–Crippen MR) is 152 cm³/mol. The quantitative estimate of drug-likeness (QED) is 0.210. The molecule has 200 valence electrons. The normalized spacial score (nSPS) is 38.7. The van der Waals surface area contributed by atoms with E-state index in [-0.39, 0.29) is 0 Å². The third-order valence-electron chi connectivity index (χ3n) is 10.3. The molecule has 0 aromatic rings. The molecular formula is C34H58O. The summed E-state index contributed by atoms with van der Waals surface area (Å²) in [5.74, 6) is 5.46. The molecule has 4 aliphatic carbocycles. The van der Waals surface area contributed by atoms with Crippen LogP contribution in [0.1, 0.15) is 142 Å². The number of ether oxygens (including phenoxy) is 1. The van der Waals surface area contributed by atoms with Crippen molar-refractivity contribution in [2.45, 2.75) is 154 Å². The Kier molecular flexibility index (Phi) is 11.8. The Labute approximate surface area is 218 Å². The average Bonchev–Trinajstić information content (AvgIpc) is 2.90. The molecule has 3 fully saturated rings. The Morgan fingerprint density at radius 3 is 2.06 bits per heavy atom. The molecular weight excluding hydrogens is 424 g/mol. The van der Waals surface area contributed by atoms with Crippen LogP contribution in [0.15, 0.2) is 24.3 Å². The van der Waals surface area contributed by atoms with Gasteiger partial charge in [0.2, 0.25) is 0 Å². The van der Waals surface area contributed by atoms with E-state index in [9.17, 15) is 0 Å². The lowest BCUT2D eigenvalue weighted by molar-refractivity contribution is -0.0287. The van der Waals surface area contributed by atoms with Crippen molar-refractivity contribution in [3.05, 3.63) is 24.3 Å². The van der Waals surface area contributed by atoms with Gasteiger partial charge in [-0.1, -0.05) is 89.5 Å². The Bertz CT molecular complexity index is 617. The lowest BCUT2D eigenvalue weighted by atomic mass is 9.72. The van der Waals surface area contributed by atoms with Gasteiger partial charge in [-0.05, 0) is 113 Å². The zero-order valence-electron chi connectivity index (χ0n) is 23.5. The summed E-state index contributed by atoms with van der Waals surface area (Å²) in [5.41, 5.74) is 0. The van der Waals surface area contributed by atoms with E-state index in [0.29, 0.717) is 12.2 Å². The maximum atomic E-state index is 6.59. The second-order valence-electron chi connectivity index (χ2n) is 13.1. The molecule has 0 aliphatic heterocycles. The van der Waals surface area contributed by atoms with E-state index in [4.69, 9.17) is 4.74 Å². The molecule has 1 nitrogen and oxygen atoms in total. The lowest BCUT2D eigenvalue weighted by Crippen LogP contribution is -2.30. The van der Waals surface area contributed by atoms with Crippen LogP contribution in [0, 0.1) is 35.5 Å². The van der Waals surface area contributed by atoms with Crippen LogP contribution in [-0.2, 0) is 4.74 Å². The standard InChI is InChI=1S/C34H58O/c1-3-5-6-9-27-12-14-28(15-13-27)16-17-29-18-20-31(21-19-29)32-22-24-33(25-23-32)35-34-11-7-10-30(26-34)8-4-2/h16-17,22,24,27-34H,3-15,18-21,23,25-26H2,1-2H3/b17-16+. The maximum Gasteiger partial charge on any atom is 0.0759 e. The van der Waals surface area contributed by atoms with E-state index in [0.717, 1.165) is 35.5 Å². The molecule has 3 saturated carbocycles. The monoisotopic (exact) mass is 482 g/mol. The molecule has 0 N–H and O–H groups in total. The SMILES string of the molecule is CCCCCC1CCC(/C=C/C2CCC(C3C=CC(OC4CCCC(CCC)C4)CC3)CC2)CC1. The molecule has 0 amide bonds. The Morgan fingerprint density at radius 1 is 0.657 bits per heavy atom.